The fourth-order valence-electron chi connectivity index (χ4n) is 1.50. The van der Waals surface area contributed by atoms with E-state index in [-0.39, 0.29) is 0 Å². The molecule has 0 aliphatic rings. The molecular formula is C12H17N5O. The number of nitrogens with one attached hydrogen (secondary N) is 2. The maximum absolute atomic E-state index is 5.61. The van der Waals surface area contributed by atoms with Gasteiger partial charge in [0.25, 0.3) is 0 Å². The SMILES string of the molecule is CCCOc1cccnc1NCCc1ncn[nH]1. The van der Waals surface area contributed by atoms with Gasteiger partial charge in [0, 0.05) is 19.2 Å². The fraction of sp³-hybridized carbons (Fsp3) is 0.417. The van der Waals surface area contributed by atoms with Crippen LogP contribution in [0, 0.1) is 0 Å². The number of rotatable bonds is 7. The predicted molar refractivity (Wildman–Crippen MR) is 68.6 cm³/mol. The zero-order valence-electron chi connectivity index (χ0n) is 10.4. The maximum atomic E-state index is 5.61. The smallest absolute Gasteiger partial charge is 0.168 e. The Bertz CT molecular complexity index is 457. The number of hydrogen-bond acceptors (Lipinski definition) is 5. The molecule has 0 radical (unpaired) electrons. The molecule has 0 bridgehead atoms. The summed E-state index contributed by atoms with van der Waals surface area (Å²) in [5, 5.41) is 9.86. The molecule has 0 saturated heterocycles. The Morgan fingerprint density at radius 3 is 3.11 bits per heavy atom. The summed E-state index contributed by atoms with van der Waals surface area (Å²) in [7, 11) is 0. The molecule has 2 heterocycles. The van der Waals surface area contributed by atoms with Gasteiger partial charge >= 0.3 is 0 Å². The Balaban J connectivity index is 1.87. The Hall–Kier alpha value is -2.11. The lowest BCUT2D eigenvalue weighted by molar-refractivity contribution is 0.318. The molecule has 0 unspecified atom stereocenters. The number of nitrogens with zero attached hydrogens (tertiary/aromatic N) is 3. The second kappa shape index (κ2) is 6.58. The topological polar surface area (TPSA) is 75.7 Å². The van der Waals surface area contributed by atoms with Crippen molar-refractivity contribution in [1.82, 2.24) is 20.2 Å². The molecule has 0 aliphatic carbocycles. The number of aromatic nitrogens is 4. The van der Waals surface area contributed by atoms with Crippen LogP contribution < -0.4 is 10.1 Å². The van der Waals surface area contributed by atoms with Crippen molar-refractivity contribution < 1.29 is 4.74 Å². The zero-order chi connectivity index (χ0) is 12.6. The van der Waals surface area contributed by atoms with E-state index < -0.39 is 0 Å². The molecule has 0 aliphatic heterocycles. The molecular weight excluding hydrogens is 230 g/mol. The highest BCUT2D eigenvalue weighted by Crippen LogP contribution is 2.20. The van der Waals surface area contributed by atoms with Crippen LogP contribution in [0.4, 0.5) is 5.82 Å². The van der Waals surface area contributed by atoms with Crippen LogP contribution in [0.2, 0.25) is 0 Å². The van der Waals surface area contributed by atoms with Gasteiger partial charge in [-0.05, 0) is 18.6 Å². The van der Waals surface area contributed by atoms with Crippen molar-refractivity contribution in [3.8, 4) is 5.75 Å². The normalized spacial score (nSPS) is 10.3. The summed E-state index contributed by atoms with van der Waals surface area (Å²) >= 11 is 0. The Kier molecular flexibility index (Phi) is 4.52. The molecule has 0 fully saturated rings. The second-order valence-electron chi connectivity index (χ2n) is 3.81. The standard InChI is InChI=1S/C12H17N5O/c1-2-8-18-10-4-3-6-13-12(10)14-7-5-11-15-9-16-17-11/h3-4,6,9H,2,5,7-8H2,1H3,(H,13,14)(H,15,16,17). The summed E-state index contributed by atoms with van der Waals surface area (Å²) in [5.41, 5.74) is 0. The lowest BCUT2D eigenvalue weighted by Gasteiger charge is -2.10. The summed E-state index contributed by atoms with van der Waals surface area (Å²) in [4.78, 5) is 8.33. The molecule has 2 rings (SSSR count). The number of anilines is 1. The summed E-state index contributed by atoms with van der Waals surface area (Å²) in [5.74, 6) is 2.41. The van der Waals surface area contributed by atoms with Gasteiger partial charge in [0.05, 0.1) is 6.61 Å². The van der Waals surface area contributed by atoms with Crippen LogP contribution in [0.5, 0.6) is 5.75 Å². The van der Waals surface area contributed by atoms with E-state index in [1.54, 1.807) is 6.20 Å². The van der Waals surface area contributed by atoms with Crippen LogP contribution in [0.25, 0.3) is 0 Å². The predicted octanol–water partition coefficient (Wildman–Crippen LogP) is 1.64. The molecule has 0 atom stereocenters. The average molecular weight is 247 g/mol. The van der Waals surface area contributed by atoms with Gasteiger partial charge in [-0.1, -0.05) is 6.92 Å². The molecule has 0 spiro atoms. The van der Waals surface area contributed by atoms with Crippen molar-refractivity contribution >= 4 is 5.82 Å². The first-order chi connectivity index (χ1) is 8.90. The molecule has 2 aromatic heterocycles. The van der Waals surface area contributed by atoms with Crippen LogP contribution in [-0.4, -0.2) is 33.3 Å². The number of H-pyrrole nitrogens is 1. The van der Waals surface area contributed by atoms with Crippen LogP contribution in [-0.2, 0) is 6.42 Å². The lowest BCUT2D eigenvalue weighted by atomic mass is 10.3. The van der Waals surface area contributed by atoms with Crippen molar-refractivity contribution in [2.45, 2.75) is 19.8 Å². The first kappa shape index (κ1) is 12.3. The maximum Gasteiger partial charge on any atom is 0.168 e. The number of ether oxygens (including phenoxy) is 1. The molecule has 0 aromatic carbocycles. The number of hydrogen-bond donors (Lipinski definition) is 2. The van der Waals surface area contributed by atoms with Gasteiger partial charge in [0.1, 0.15) is 12.2 Å². The molecule has 0 amide bonds. The summed E-state index contributed by atoms with van der Waals surface area (Å²) in [6.45, 7) is 3.50. The summed E-state index contributed by atoms with van der Waals surface area (Å²) < 4.78 is 5.61. The average Bonchev–Trinajstić information content (AvgIpc) is 2.91. The molecule has 18 heavy (non-hydrogen) atoms. The van der Waals surface area contributed by atoms with Crippen molar-refractivity contribution in [3.63, 3.8) is 0 Å². The minimum atomic E-state index is 0.697. The number of aromatic amines is 1. The van der Waals surface area contributed by atoms with E-state index in [1.807, 2.05) is 12.1 Å². The van der Waals surface area contributed by atoms with E-state index in [0.717, 1.165) is 36.8 Å². The minimum Gasteiger partial charge on any atom is -0.490 e. The summed E-state index contributed by atoms with van der Waals surface area (Å²) in [6, 6.07) is 3.78. The van der Waals surface area contributed by atoms with Crippen LogP contribution >= 0.6 is 0 Å². The van der Waals surface area contributed by atoms with E-state index in [2.05, 4.69) is 32.4 Å². The van der Waals surface area contributed by atoms with Gasteiger partial charge in [0.2, 0.25) is 0 Å². The second-order valence-corrected chi connectivity index (χ2v) is 3.81. The van der Waals surface area contributed by atoms with Gasteiger partial charge in [-0.3, -0.25) is 5.10 Å². The minimum absolute atomic E-state index is 0.697. The van der Waals surface area contributed by atoms with Crippen LogP contribution in [0.3, 0.4) is 0 Å². The van der Waals surface area contributed by atoms with Crippen LogP contribution in [0.1, 0.15) is 19.2 Å². The molecule has 2 aromatic rings. The Morgan fingerprint density at radius 2 is 2.33 bits per heavy atom. The highest BCUT2D eigenvalue weighted by atomic mass is 16.5. The van der Waals surface area contributed by atoms with Gasteiger partial charge in [0.15, 0.2) is 11.6 Å². The zero-order valence-corrected chi connectivity index (χ0v) is 10.4. The Morgan fingerprint density at radius 1 is 1.39 bits per heavy atom. The van der Waals surface area contributed by atoms with Gasteiger partial charge in [-0.2, -0.15) is 5.10 Å². The van der Waals surface area contributed by atoms with E-state index >= 15 is 0 Å². The molecule has 2 N–H and O–H groups in total. The molecule has 6 nitrogen and oxygen atoms in total. The third-order valence-corrected chi connectivity index (χ3v) is 2.35. The first-order valence-corrected chi connectivity index (χ1v) is 6.06. The fourth-order valence-corrected chi connectivity index (χ4v) is 1.50. The van der Waals surface area contributed by atoms with Crippen molar-refractivity contribution in [3.05, 3.63) is 30.5 Å². The van der Waals surface area contributed by atoms with Crippen molar-refractivity contribution in [2.24, 2.45) is 0 Å². The monoisotopic (exact) mass is 247 g/mol. The first-order valence-electron chi connectivity index (χ1n) is 6.06. The van der Waals surface area contributed by atoms with Gasteiger partial charge in [-0.15, -0.1) is 0 Å². The highest BCUT2D eigenvalue weighted by molar-refractivity contribution is 5.49. The van der Waals surface area contributed by atoms with Gasteiger partial charge < -0.3 is 10.1 Å². The van der Waals surface area contributed by atoms with Gasteiger partial charge in [-0.25, -0.2) is 9.97 Å². The van der Waals surface area contributed by atoms with E-state index in [4.69, 9.17) is 4.74 Å². The van der Waals surface area contributed by atoms with Crippen molar-refractivity contribution in [1.29, 1.82) is 0 Å². The van der Waals surface area contributed by atoms with Crippen LogP contribution in [0.15, 0.2) is 24.7 Å². The third-order valence-electron chi connectivity index (χ3n) is 2.35. The van der Waals surface area contributed by atoms with Crippen molar-refractivity contribution in [2.75, 3.05) is 18.5 Å². The molecule has 6 heteroatoms. The largest absolute Gasteiger partial charge is 0.490 e. The van der Waals surface area contributed by atoms with E-state index in [1.165, 1.54) is 6.33 Å². The quantitative estimate of drug-likeness (QED) is 0.778. The van der Waals surface area contributed by atoms with E-state index in [0.29, 0.717) is 6.61 Å². The summed E-state index contributed by atoms with van der Waals surface area (Å²) in [6.07, 6.45) is 5.00. The molecule has 0 saturated carbocycles. The van der Waals surface area contributed by atoms with E-state index in [9.17, 15) is 0 Å². The lowest BCUT2D eigenvalue weighted by Crippen LogP contribution is -2.09. The third kappa shape index (κ3) is 3.44. The Labute approximate surface area is 106 Å². The molecule has 96 valence electrons. The number of pyridine rings is 1. The highest BCUT2D eigenvalue weighted by Gasteiger charge is 2.04.